The Morgan fingerprint density at radius 3 is 2.80 bits per heavy atom. The van der Waals surface area contributed by atoms with E-state index in [0.717, 1.165) is 31.7 Å². The molecule has 2 aliphatic rings. The van der Waals surface area contributed by atoms with Crippen molar-refractivity contribution in [2.75, 3.05) is 43.9 Å². The molecule has 2 aliphatic heterocycles. The van der Waals surface area contributed by atoms with Crippen LogP contribution < -0.4 is 15.8 Å². The number of rotatable bonds is 4. The molecule has 10 nitrogen and oxygen atoms in total. The first kappa shape index (κ1) is 25.0. The van der Waals surface area contributed by atoms with Crippen LogP contribution in [-0.4, -0.2) is 70.1 Å². The van der Waals surface area contributed by atoms with Gasteiger partial charge in [-0.3, -0.25) is 9.20 Å². The molecule has 2 saturated heterocycles. The van der Waals surface area contributed by atoms with Crippen molar-refractivity contribution >= 4 is 44.8 Å². The summed E-state index contributed by atoms with van der Waals surface area (Å²) in [7, 11) is 3.82. The van der Waals surface area contributed by atoms with Crippen molar-refractivity contribution in [2.24, 2.45) is 5.92 Å². The number of nitrogens with zero attached hydrogens (tertiary/aromatic N) is 5. The fourth-order valence-corrected chi connectivity index (χ4v) is 6.73. The first-order valence-corrected chi connectivity index (χ1v) is 13.4. The van der Waals surface area contributed by atoms with E-state index < -0.39 is 17.3 Å². The fourth-order valence-electron chi connectivity index (χ4n) is 6.73. The van der Waals surface area contributed by atoms with E-state index in [1.807, 2.05) is 12.1 Å². The lowest BCUT2D eigenvalue weighted by Gasteiger charge is -2.29. The number of nitrogens with one attached hydrogen (secondary N) is 2. The van der Waals surface area contributed by atoms with Gasteiger partial charge in [0.15, 0.2) is 5.82 Å². The Hall–Kier alpha value is -4.95. The van der Waals surface area contributed by atoms with Gasteiger partial charge in [-0.15, -0.1) is 0 Å². The molecule has 0 unspecified atom stereocenters. The van der Waals surface area contributed by atoms with Gasteiger partial charge in [0, 0.05) is 61.8 Å². The number of anilines is 2. The molecular formula is C30H26FN7O3. The Balaban J connectivity index is 1.58. The third-order valence-corrected chi connectivity index (χ3v) is 8.61. The molecule has 206 valence electrons. The summed E-state index contributed by atoms with van der Waals surface area (Å²) in [5.74, 6) is -1.46. The van der Waals surface area contributed by atoms with Crippen LogP contribution in [0.5, 0.6) is 0 Å². The van der Waals surface area contributed by atoms with Crippen LogP contribution in [0, 0.1) is 23.1 Å². The quantitative estimate of drug-likeness (QED) is 0.307. The number of fused-ring (bicyclic) bond motifs is 5. The van der Waals surface area contributed by atoms with Crippen LogP contribution in [0.2, 0.25) is 0 Å². The Morgan fingerprint density at radius 2 is 2.05 bits per heavy atom. The largest absolute Gasteiger partial charge is 0.477 e. The highest BCUT2D eigenvalue weighted by molar-refractivity contribution is 6.18. The molecule has 3 N–H and O–H groups in total. The molecule has 0 aliphatic carbocycles. The number of pyridine rings is 3. The summed E-state index contributed by atoms with van der Waals surface area (Å²) in [6.45, 7) is 2.58. The molecule has 0 saturated carbocycles. The van der Waals surface area contributed by atoms with Gasteiger partial charge in [-0.25, -0.2) is 14.2 Å². The number of halogens is 1. The Morgan fingerprint density at radius 1 is 1.24 bits per heavy atom. The third kappa shape index (κ3) is 3.61. The lowest BCUT2D eigenvalue weighted by molar-refractivity contribution is 0.0694. The summed E-state index contributed by atoms with van der Waals surface area (Å²) in [6, 6.07) is 10.2. The van der Waals surface area contributed by atoms with E-state index in [0.29, 0.717) is 44.8 Å². The molecule has 11 heteroatoms. The van der Waals surface area contributed by atoms with Gasteiger partial charge >= 0.3 is 5.97 Å². The van der Waals surface area contributed by atoms with Gasteiger partial charge in [0.25, 0.3) is 5.56 Å². The number of aromatic nitrogens is 3. The second-order valence-corrected chi connectivity index (χ2v) is 10.9. The van der Waals surface area contributed by atoms with Crippen LogP contribution in [0.25, 0.3) is 38.6 Å². The monoisotopic (exact) mass is 551 g/mol. The number of likely N-dealkylation sites (tertiary alicyclic amines) is 1. The van der Waals surface area contributed by atoms with Crippen molar-refractivity contribution in [3.8, 4) is 17.2 Å². The van der Waals surface area contributed by atoms with E-state index >= 15 is 4.39 Å². The minimum Gasteiger partial charge on any atom is -0.477 e. The summed E-state index contributed by atoms with van der Waals surface area (Å²) < 4.78 is 17.4. The topological polar surface area (TPSA) is 130 Å². The number of nitriles is 1. The number of carboxylic acids is 1. The maximum atomic E-state index is 16.0. The van der Waals surface area contributed by atoms with Crippen LogP contribution in [0.15, 0.2) is 47.5 Å². The molecule has 5 aromatic rings. The van der Waals surface area contributed by atoms with Crippen LogP contribution in [-0.2, 0) is 0 Å². The maximum absolute atomic E-state index is 16.0. The maximum Gasteiger partial charge on any atom is 0.341 e. The number of H-pyrrole nitrogens is 1. The van der Waals surface area contributed by atoms with Crippen molar-refractivity contribution in [1.29, 1.82) is 5.26 Å². The highest BCUT2D eigenvalue weighted by Gasteiger charge is 2.42. The van der Waals surface area contributed by atoms with E-state index in [1.165, 1.54) is 16.5 Å². The smallest absolute Gasteiger partial charge is 0.341 e. The van der Waals surface area contributed by atoms with Gasteiger partial charge in [0.1, 0.15) is 17.3 Å². The molecule has 41 heavy (non-hydrogen) atoms. The number of hydrogen-bond acceptors (Lipinski definition) is 7. The number of aromatic amines is 1. The molecular weight excluding hydrogens is 525 g/mol. The molecule has 0 amide bonds. The number of carbonyl (C=O) groups is 1. The molecule has 1 aromatic carbocycles. The highest BCUT2D eigenvalue weighted by Crippen LogP contribution is 2.46. The molecule has 0 bridgehead atoms. The van der Waals surface area contributed by atoms with Crippen molar-refractivity contribution in [3.63, 3.8) is 0 Å². The van der Waals surface area contributed by atoms with Gasteiger partial charge in [0.05, 0.1) is 33.2 Å². The normalized spacial score (nSPS) is 18.8. The van der Waals surface area contributed by atoms with Crippen molar-refractivity contribution < 1.29 is 14.3 Å². The predicted molar refractivity (Wildman–Crippen MR) is 154 cm³/mol. The van der Waals surface area contributed by atoms with E-state index in [2.05, 4.69) is 27.1 Å². The predicted octanol–water partition coefficient (Wildman–Crippen LogP) is 3.89. The minimum atomic E-state index is -1.30. The van der Waals surface area contributed by atoms with E-state index in [9.17, 15) is 20.0 Å². The fraction of sp³-hybridized carbons (Fsp3) is 0.267. The van der Waals surface area contributed by atoms with E-state index in [1.54, 1.807) is 31.6 Å². The van der Waals surface area contributed by atoms with Gasteiger partial charge in [-0.2, -0.15) is 5.26 Å². The van der Waals surface area contributed by atoms with Crippen molar-refractivity contribution in [2.45, 2.75) is 12.5 Å². The molecule has 4 aromatic heterocycles. The van der Waals surface area contributed by atoms with Gasteiger partial charge in [-0.05, 0) is 43.7 Å². The minimum absolute atomic E-state index is 0.0718. The number of likely N-dealkylation sites (N-methyl/N-ethyl adjacent to an activating group) is 1. The van der Waals surface area contributed by atoms with E-state index in [-0.39, 0.29) is 22.6 Å². The van der Waals surface area contributed by atoms with Crippen molar-refractivity contribution in [3.05, 3.63) is 70.0 Å². The van der Waals surface area contributed by atoms with Gasteiger partial charge in [-0.1, -0.05) is 6.07 Å². The first-order chi connectivity index (χ1) is 19.8. The number of carboxylic acid groups (broad SMARTS) is 1. The summed E-state index contributed by atoms with van der Waals surface area (Å²) >= 11 is 0. The second kappa shape index (κ2) is 9.04. The van der Waals surface area contributed by atoms with Crippen LogP contribution in [0.4, 0.5) is 15.8 Å². The molecule has 2 fully saturated rings. The zero-order valence-electron chi connectivity index (χ0n) is 22.4. The zero-order chi connectivity index (χ0) is 28.6. The Labute approximate surface area is 233 Å². The average molecular weight is 552 g/mol. The molecule has 2 atom stereocenters. The molecule has 0 spiro atoms. The summed E-state index contributed by atoms with van der Waals surface area (Å²) in [4.78, 5) is 37.3. The van der Waals surface area contributed by atoms with Gasteiger partial charge < -0.3 is 25.2 Å². The van der Waals surface area contributed by atoms with E-state index in [4.69, 9.17) is 4.98 Å². The lowest BCUT2D eigenvalue weighted by Crippen LogP contribution is -2.35. The summed E-state index contributed by atoms with van der Waals surface area (Å²) in [6.07, 6.45) is 4.32. The van der Waals surface area contributed by atoms with Crippen LogP contribution in [0.3, 0.4) is 0 Å². The standard InChI is InChI=1S/C30H26FN7O3/c1-33-21-9-17(10-32)25(31)23-24-27(37-8-7-16-12-36(2)14-22(16)37)20(11-34-28(24)35-26(21)23)15-3-4-18-5-6-19(30(40)41)29(39)38(18)13-15/h3-6,9,11,13,16,22,33H,7-8,12,14H2,1-2H3,(H,34,35)(H,40,41)/t16-,22+/m0/s1. The highest BCUT2D eigenvalue weighted by atomic mass is 19.1. The first-order valence-electron chi connectivity index (χ1n) is 13.4. The number of aromatic carboxylic acids is 1. The number of benzene rings is 1. The van der Waals surface area contributed by atoms with Crippen molar-refractivity contribution in [1.82, 2.24) is 19.3 Å². The molecule has 7 rings (SSSR count). The summed E-state index contributed by atoms with van der Waals surface area (Å²) in [5, 5.41) is 23.2. The Kier molecular flexibility index (Phi) is 5.52. The molecule has 6 heterocycles. The lowest BCUT2D eigenvalue weighted by atomic mass is 9.99. The van der Waals surface area contributed by atoms with Crippen LogP contribution in [0.1, 0.15) is 22.3 Å². The average Bonchev–Trinajstić information content (AvgIpc) is 3.65. The zero-order valence-corrected chi connectivity index (χ0v) is 22.4. The van der Waals surface area contributed by atoms with Crippen LogP contribution >= 0.6 is 0 Å². The number of hydrogen-bond donors (Lipinski definition) is 3. The second-order valence-electron chi connectivity index (χ2n) is 10.9. The third-order valence-electron chi connectivity index (χ3n) is 8.61. The molecule has 0 radical (unpaired) electrons. The summed E-state index contributed by atoms with van der Waals surface area (Å²) in [5.41, 5.74) is 3.22. The van der Waals surface area contributed by atoms with Gasteiger partial charge in [0.2, 0.25) is 0 Å². The SMILES string of the molecule is CNc1cc(C#N)c(F)c2c1[nH]c1ncc(-c3ccc4ccc(C(=O)O)c(=O)n4c3)c(N3CC[C@H]4CN(C)C[C@H]43)c12. The Bertz CT molecular complexity index is 2030.